The number of halogens is 1. The highest BCUT2D eigenvalue weighted by molar-refractivity contribution is 5.35. The molecule has 0 aliphatic heterocycles. The van der Waals surface area contributed by atoms with Crippen LogP contribution in [0.15, 0.2) is 18.2 Å². The summed E-state index contributed by atoms with van der Waals surface area (Å²) in [6, 6.07) is 3.65. The van der Waals surface area contributed by atoms with Gasteiger partial charge in [-0.1, -0.05) is 13.8 Å². The summed E-state index contributed by atoms with van der Waals surface area (Å²) in [6.45, 7) is 6.34. The van der Waals surface area contributed by atoms with E-state index in [1.165, 1.54) is 12.1 Å². The Hall–Kier alpha value is -1.53. The number of benzene rings is 1. The summed E-state index contributed by atoms with van der Waals surface area (Å²) in [7, 11) is 4.02. The zero-order valence-electron chi connectivity index (χ0n) is 12.4. The zero-order chi connectivity index (χ0) is 15.3. The van der Waals surface area contributed by atoms with Gasteiger partial charge >= 0.3 is 0 Å². The summed E-state index contributed by atoms with van der Waals surface area (Å²) in [4.78, 5) is 12.2. The molecule has 0 saturated carbocycles. The maximum atomic E-state index is 13.3. The first-order valence-corrected chi connectivity index (χ1v) is 6.49. The molecule has 0 unspecified atom stereocenters. The summed E-state index contributed by atoms with van der Waals surface area (Å²) < 4.78 is 13.3. The SMILES string of the molecule is CN(C)CC(C)(C)CNCc1cc(F)cc([N+](=O)[O-])c1. The zero-order valence-corrected chi connectivity index (χ0v) is 12.4. The van der Waals surface area contributed by atoms with Crippen molar-refractivity contribution in [2.24, 2.45) is 5.41 Å². The van der Waals surface area contributed by atoms with E-state index in [9.17, 15) is 14.5 Å². The predicted molar refractivity (Wildman–Crippen MR) is 77.1 cm³/mol. The van der Waals surface area contributed by atoms with E-state index in [4.69, 9.17) is 0 Å². The molecular weight excluding hydrogens is 261 g/mol. The molecule has 0 fully saturated rings. The molecule has 112 valence electrons. The van der Waals surface area contributed by atoms with Gasteiger partial charge in [0, 0.05) is 25.7 Å². The quantitative estimate of drug-likeness (QED) is 0.616. The lowest BCUT2D eigenvalue weighted by molar-refractivity contribution is -0.385. The van der Waals surface area contributed by atoms with Crippen molar-refractivity contribution in [3.05, 3.63) is 39.7 Å². The molecule has 0 atom stereocenters. The third kappa shape index (κ3) is 5.63. The Balaban J connectivity index is 2.60. The third-order valence-corrected chi connectivity index (χ3v) is 2.83. The van der Waals surface area contributed by atoms with Crippen molar-refractivity contribution in [3.63, 3.8) is 0 Å². The van der Waals surface area contributed by atoms with Gasteiger partial charge in [0.1, 0.15) is 5.82 Å². The van der Waals surface area contributed by atoms with Crippen LogP contribution in [0, 0.1) is 21.3 Å². The van der Waals surface area contributed by atoms with Crippen LogP contribution in [-0.2, 0) is 6.54 Å². The fourth-order valence-electron chi connectivity index (χ4n) is 2.30. The van der Waals surface area contributed by atoms with E-state index in [2.05, 4.69) is 24.1 Å². The van der Waals surface area contributed by atoms with Crippen LogP contribution in [0.25, 0.3) is 0 Å². The first kappa shape index (κ1) is 16.5. The maximum Gasteiger partial charge on any atom is 0.272 e. The van der Waals surface area contributed by atoms with E-state index in [0.717, 1.165) is 19.2 Å². The van der Waals surface area contributed by atoms with Gasteiger partial charge < -0.3 is 10.2 Å². The number of rotatable bonds is 7. The molecule has 0 saturated heterocycles. The number of nitro groups is 1. The van der Waals surface area contributed by atoms with Crippen LogP contribution < -0.4 is 5.32 Å². The second-order valence-electron chi connectivity index (χ2n) is 6.08. The fraction of sp³-hybridized carbons (Fsp3) is 0.571. The first-order valence-electron chi connectivity index (χ1n) is 6.49. The van der Waals surface area contributed by atoms with E-state index in [1.807, 2.05) is 14.1 Å². The maximum absolute atomic E-state index is 13.3. The fourth-order valence-corrected chi connectivity index (χ4v) is 2.30. The smallest absolute Gasteiger partial charge is 0.272 e. The van der Waals surface area contributed by atoms with Crippen molar-refractivity contribution >= 4 is 5.69 Å². The van der Waals surface area contributed by atoms with E-state index in [-0.39, 0.29) is 11.1 Å². The Morgan fingerprint density at radius 1 is 1.35 bits per heavy atom. The van der Waals surface area contributed by atoms with Gasteiger partial charge in [0.05, 0.1) is 11.0 Å². The predicted octanol–water partition coefficient (Wildman–Crippen LogP) is 2.41. The highest BCUT2D eigenvalue weighted by atomic mass is 19.1. The van der Waals surface area contributed by atoms with E-state index in [1.54, 1.807) is 0 Å². The van der Waals surface area contributed by atoms with Crippen molar-refractivity contribution in [2.75, 3.05) is 27.2 Å². The Morgan fingerprint density at radius 2 is 2.00 bits per heavy atom. The van der Waals surface area contributed by atoms with Crippen LogP contribution in [0.3, 0.4) is 0 Å². The minimum absolute atomic E-state index is 0.0722. The summed E-state index contributed by atoms with van der Waals surface area (Å²) in [5, 5.41) is 13.9. The molecule has 0 aliphatic carbocycles. The second-order valence-corrected chi connectivity index (χ2v) is 6.08. The van der Waals surface area contributed by atoms with Crippen molar-refractivity contribution < 1.29 is 9.31 Å². The number of nitro benzene ring substituents is 1. The summed E-state index contributed by atoms with van der Waals surface area (Å²) in [5.41, 5.74) is 0.440. The van der Waals surface area contributed by atoms with Crippen LogP contribution >= 0.6 is 0 Å². The Labute approximate surface area is 118 Å². The molecule has 6 heteroatoms. The third-order valence-electron chi connectivity index (χ3n) is 2.83. The van der Waals surface area contributed by atoms with Gasteiger partial charge in [0.15, 0.2) is 0 Å². The number of nitrogens with zero attached hydrogens (tertiary/aromatic N) is 2. The van der Waals surface area contributed by atoms with Crippen molar-refractivity contribution in [2.45, 2.75) is 20.4 Å². The van der Waals surface area contributed by atoms with E-state index < -0.39 is 10.7 Å². The molecule has 0 aromatic heterocycles. The number of nitrogens with one attached hydrogen (secondary N) is 1. The van der Waals surface area contributed by atoms with Crippen molar-refractivity contribution in [1.29, 1.82) is 0 Å². The largest absolute Gasteiger partial charge is 0.312 e. The lowest BCUT2D eigenvalue weighted by atomic mass is 9.93. The van der Waals surface area contributed by atoms with Crippen LogP contribution in [0.1, 0.15) is 19.4 Å². The molecule has 1 aromatic carbocycles. The molecule has 0 radical (unpaired) electrons. The average molecular weight is 283 g/mol. The molecule has 5 nitrogen and oxygen atoms in total. The van der Waals surface area contributed by atoms with Gasteiger partial charge in [-0.05, 0) is 31.1 Å². The number of hydrogen-bond acceptors (Lipinski definition) is 4. The molecule has 0 amide bonds. The minimum Gasteiger partial charge on any atom is -0.312 e. The van der Waals surface area contributed by atoms with Gasteiger partial charge in [-0.15, -0.1) is 0 Å². The summed E-state index contributed by atoms with van der Waals surface area (Å²) >= 11 is 0. The summed E-state index contributed by atoms with van der Waals surface area (Å²) in [5.74, 6) is -0.580. The van der Waals surface area contributed by atoms with Gasteiger partial charge in [0.2, 0.25) is 0 Å². The Bertz CT molecular complexity index is 475. The molecule has 20 heavy (non-hydrogen) atoms. The van der Waals surface area contributed by atoms with E-state index in [0.29, 0.717) is 12.1 Å². The average Bonchev–Trinajstić information content (AvgIpc) is 2.25. The van der Waals surface area contributed by atoms with Crippen molar-refractivity contribution in [3.8, 4) is 0 Å². The standard InChI is InChI=1S/C14H22FN3O2/c1-14(2,10-17(3)4)9-16-8-11-5-12(15)7-13(6-11)18(19)20/h5-7,16H,8-10H2,1-4H3. The van der Waals surface area contributed by atoms with Gasteiger partial charge in [0.25, 0.3) is 5.69 Å². The van der Waals surface area contributed by atoms with Gasteiger partial charge in [-0.2, -0.15) is 0 Å². The molecule has 0 spiro atoms. The Kier molecular flexibility index (Phi) is 5.59. The second kappa shape index (κ2) is 6.76. The molecule has 1 aromatic rings. The molecule has 0 bridgehead atoms. The monoisotopic (exact) mass is 283 g/mol. The van der Waals surface area contributed by atoms with Crippen molar-refractivity contribution in [1.82, 2.24) is 10.2 Å². The lowest BCUT2D eigenvalue weighted by Gasteiger charge is -2.28. The number of hydrogen-bond donors (Lipinski definition) is 1. The molecular formula is C14H22FN3O2. The van der Waals surface area contributed by atoms with E-state index >= 15 is 0 Å². The normalized spacial score (nSPS) is 11.9. The summed E-state index contributed by atoms with van der Waals surface area (Å²) in [6.07, 6.45) is 0. The topological polar surface area (TPSA) is 58.4 Å². The lowest BCUT2D eigenvalue weighted by Crippen LogP contribution is -2.37. The highest BCUT2D eigenvalue weighted by Crippen LogP contribution is 2.17. The van der Waals surface area contributed by atoms with Crippen LogP contribution in [0.4, 0.5) is 10.1 Å². The molecule has 0 heterocycles. The van der Waals surface area contributed by atoms with Gasteiger partial charge in [-0.25, -0.2) is 4.39 Å². The minimum atomic E-state index is -0.581. The number of non-ortho nitro benzene ring substituents is 1. The van der Waals surface area contributed by atoms with Crippen LogP contribution in [-0.4, -0.2) is 37.0 Å². The van der Waals surface area contributed by atoms with Crippen LogP contribution in [0.2, 0.25) is 0 Å². The molecule has 1 rings (SSSR count). The molecule has 1 N–H and O–H groups in total. The first-order chi connectivity index (χ1) is 9.19. The molecule has 0 aliphatic rings. The van der Waals surface area contributed by atoms with Crippen LogP contribution in [0.5, 0.6) is 0 Å². The highest BCUT2D eigenvalue weighted by Gasteiger charge is 2.18. The van der Waals surface area contributed by atoms with Gasteiger partial charge in [-0.3, -0.25) is 10.1 Å². The Morgan fingerprint density at radius 3 is 2.55 bits per heavy atom.